The third-order valence-electron chi connectivity index (χ3n) is 1.44. The molecule has 0 aliphatic heterocycles. The van der Waals surface area contributed by atoms with Crippen LogP contribution in [-0.4, -0.2) is 15.4 Å². The second-order valence-corrected chi connectivity index (χ2v) is 2.44. The summed E-state index contributed by atoms with van der Waals surface area (Å²) in [5, 5.41) is 5.86. The van der Waals surface area contributed by atoms with Gasteiger partial charge in [-0.15, -0.1) is 0 Å². The van der Waals surface area contributed by atoms with E-state index in [1.54, 1.807) is 6.92 Å². The summed E-state index contributed by atoms with van der Waals surface area (Å²) in [6.45, 7) is 3.64. The molecule has 0 aliphatic rings. The first-order chi connectivity index (χ1) is 4.63. The first-order valence-corrected chi connectivity index (χ1v) is 3.22. The Hall–Kier alpha value is -0.830. The SMILES string of the molecule is Cc1[nH]nc(C(=O)Cl)c1C. The number of aryl methyl sites for hydroxylation is 1. The van der Waals surface area contributed by atoms with Crippen LogP contribution in [0.15, 0.2) is 0 Å². The first-order valence-electron chi connectivity index (χ1n) is 2.84. The lowest BCUT2D eigenvalue weighted by molar-refractivity contribution is 0.107. The van der Waals surface area contributed by atoms with Crippen molar-refractivity contribution in [3.63, 3.8) is 0 Å². The molecule has 4 heteroatoms. The predicted molar refractivity (Wildman–Crippen MR) is 38.2 cm³/mol. The minimum atomic E-state index is -0.512. The van der Waals surface area contributed by atoms with Crippen LogP contribution in [0.4, 0.5) is 0 Å². The van der Waals surface area contributed by atoms with Crippen molar-refractivity contribution in [1.29, 1.82) is 0 Å². The molecule has 0 fully saturated rings. The van der Waals surface area contributed by atoms with E-state index in [4.69, 9.17) is 11.6 Å². The first kappa shape index (κ1) is 7.28. The highest BCUT2D eigenvalue weighted by molar-refractivity contribution is 6.67. The lowest BCUT2D eigenvalue weighted by atomic mass is 10.2. The minimum Gasteiger partial charge on any atom is -0.282 e. The Morgan fingerprint density at radius 2 is 2.20 bits per heavy atom. The van der Waals surface area contributed by atoms with Crippen LogP contribution in [0.5, 0.6) is 0 Å². The molecule has 1 heterocycles. The van der Waals surface area contributed by atoms with Crippen molar-refractivity contribution < 1.29 is 4.79 Å². The summed E-state index contributed by atoms with van der Waals surface area (Å²) in [6.07, 6.45) is 0. The van der Waals surface area contributed by atoms with Crippen LogP contribution in [0.2, 0.25) is 0 Å². The molecule has 0 amide bonds. The van der Waals surface area contributed by atoms with E-state index in [1.807, 2.05) is 6.92 Å². The zero-order chi connectivity index (χ0) is 7.72. The highest BCUT2D eigenvalue weighted by Gasteiger charge is 2.10. The number of hydrogen-bond acceptors (Lipinski definition) is 2. The largest absolute Gasteiger partial charge is 0.282 e. The summed E-state index contributed by atoms with van der Waals surface area (Å²) in [4.78, 5) is 10.6. The molecule has 3 nitrogen and oxygen atoms in total. The molecule has 1 aromatic heterocycles. The van der Waals surface area contributed by atoms with Gasteiger partial charge in [-0.2, -0.15) is 5.10 Å². The summed E-state index contributed by atoms with van der Waals surface area (Å²) in [6, 6.07) is 0. The number of carbonyl (C=O) groups is 1. The fraction of sp³-hybridized carbons (Fsp3) is 0.333. The van der Waals surface area contributed by atoms with Crippen molar-refractivity contribution in [2.75, 3.05) is 0 Å². The molecule has 1 rings (SSSR count). The zero-order valence-corrected chi connectivity index (χ0v) is 6.49. The average Bonchev–Trinajstić information content (AvgIpc) is 2.14. The molecule has 10 heavy (non-hydrogen) atoms. The van der Waals surface area contributed by atoms with E-state index in [0.717, 1.165) is 11.3 Å². The topological polar surface area (TPSA) is 45.8 Å². The number of hydrogen-bond donors (Lipinski definition) is 1. The van der Waals surface area contributed by atoms with Crippen LogP contribution in [0.3, 0.4) is 0 Å². The minimum absolute atomic E-state index is 0.319. The average molecular weight is 159 g/mol. The third-order valence-corrected chi connectivity index (χ3v) is 1.62. The summed E-state index contributed by atoms with van der Waals surface area (Å²) in [5.41, 5.74) is 2.02. The molecule has 0 radical (unpaired) electrons. The van der Waals surface area contributed by atoms with E-state index < -0.39 is 5.24 Å². The number of nitrogens with one attached hydrogen (secondary N) is 1. The van der Waals surface area contributed by atoms with Crippen molar-refractivity contribution in [1.82, 2.24) is 10.2 Å². The van der Waals surface area contributed by atoms with Crippen LogP contribution in [0, 0.1) is 13.8 Å². The Morgan fingerprint density at radius 1 is 1.60 bits per heavy atom. The normalized spacial score (nSPS) is 9.90. The maximum atomic E-state index is 10.6. The van der Waals surface area contributed by atoms with Gasteiger partial charge < -0.3 is 0 Å². The van der Waals surface area contributed by atoms with Crippen LogP contribution >= 0.6 is 11.6 Å². The summed E-state index contributed by atoms with van der Waals surface area (Å²) < 4.78 is 0. The number of aromatic amines is 1. The molecule has 0 atom stereocenters. The lowest BCUT2D eigenvalue weighted by Gasteiger charge is -1.86. The molecule has 0 bridgehead atoms. The smallest absolute Gasteiger partial charge is 0.272 e. The van der Waals surface area contributed by atoms with Gasteiger partial charge in [-0.3, -0.25) is 9.89 Å². The maximum absolute atomic E-state index is 10.6. The van der Waals surface area contributed by atoms with E-state index >= 15 is 0 Å². The second kappa shape index (κ2) is 2.42. The van der Waals surface area contributed by atoms with Crippen LogP contribution in [0.25, 0.3) is 0 Å². The second-order valence-electron chi connectivity index (χ2n) is 2.10. The molecule has 0 aliphatic carbocycles. The Morgan fingerprint density at radius 3 is 2.40 bits per heavy atom. The lowest BCUT2D eigenvalue weighted by Crippen LogP contribution is -1.91. The molecule has 1 N–H and O–H groups in total. The van der Waals surface area contributed by atoms with Gasteiger partial charge >= 0.3 is 0 Å². The Bertz CT molecular complexity index is 267. The van der Waals surface area contributed by atoms with Gasteiger partial charge in [0.2, 0.25) is 0 Å². The van der Waals surface area contributed by atoms with Gasteiger partial charge in [0.1, 0.15) is 5.69 Å². The van der Waals surface area contributed by atoms with Gasteiger partial charge in [-0.1, -0.05) is 0 Å². The number of halogens is 1. The van der Waals surface area contributed by atoms with Crippen molar-refractivity contribution in [3.8, 4) is 0 Å². The van der Waals surface area contributed by atoms with Gasteiger partial charge in [0.05, 0.1) is 0 Å². The van der Waals surface area contributed by atoms with Gasteiger partial charge in [-0.25, -0.2) is 0 Å². The molecule has 0 aromatic carbocycles. The number of carbonyl (C=O) groups excluding carboxylic acids is 1. The molecule has 0 saturated heterocycles. The van der Waals surface area contributed by atoms with Gasteiger partial charge in [-0.05, 0) is 25.4 Å². The maximum Gasteiger partial charge on any atom is 0.272 e. The van der Waals surface area contributed by atoms with E-state index in [9.17, 15) is 4.79 Å². The van der Waals surface area contributed by atoms with Gasteiger partial charge in [0.25, 0.3) is 5.24 Å². The van der Waals surface area contributed by atoms with Crippen molar-refractivity contribution >= 4 is 16.8 Å². The molecule has 54 valence electrons. The molecule has 0 spiro atoms. The number of nitrogens with zero attached hydrogens (tertiary/aromatic N) is 1. The molecule has 1 aromatic rings. The highest BCUT2D eigenvalue weighted by Crippen LogP contribution is 2.09. The van der Waals surface area contributed by atoms with E-state index in [0.29, 0.717) is 5.69 Å². The number of H-pyrrole nitrogens is 1. The Balaban J connectivity index is 3.17. The van der Waals surface area contributed by atoms with Gasteiger partial charge in [0.15, 0.2) is 0 Å². The Kier molecular flexibility index (Phi) is 1.76. The molecule has 0 saturated carbocycles. The monoisotopic (exact) mass is 158 g/mol. The van der Waals surface area contributed by atoms with E-state index in [2.05, 4.69) is 10.2 Å². The van der Waals surface area contributed by atoms with Crippen LogP contribution < -0.4 is 0 Å². The van der Waals surface area contributed by atoms with Crippen LogP contribution in [-0.2, 0) is 0 Å². The quantitative estimate of drug-likeness (QED) is 0.628. The highest BCUT2D eigenvalue weighted by atomic mass is 35.5. The van der Waals surface area contributed by atoms with Crippen LogP contribution in [0.1, 0.15) is 21.7 Å². The predicted octanol–water partition coefficient (Wildman–Crippen LogP) is 1.41. The number of aromatic nitrogens is 2. The Labute approximate surface area is 63.4 Å². The summed E-state index contributed by atoms with van der Waals surface area (Å²) >= 11 is 5.20. The van der Waals surface area contributed by atoms with Crippen molar-refractivity contribution in [2.24, 2.45) is 0 Å². The van der Waals surface area contributed by atoms with Crippen molar-refractivity contribution in [3.05, 3.63) is 17.0 Å². The van der Waals surface area contributed by atoms with Crippen molar-refractivity contribution in [2.45, 2.75) is 13.8 Å². The molecule has 0 unspecified atom stereocenters. The summed E-state index contributed by atoms with van der Waals surface area (Å²) in [5.74, 6) is 0. The molecular formula is C6H7ClN2O. The number of rotatable bonds is 1. The van der Waals surface area contributed by atoms with E-state index in [-0.39, 0.29) is 0 Å². The third kappa shape index (κ3) is 1.04. The zero-order valence-electron chi connectivity index (χ0n) is 5.73. The van der Waals surface area contributed by atoms with Gasteiger partial charge in [0, 0.05) is 11.3 Å². The van der Waals surface area contributed by atoms with E-state index in [1.165, 1.54) is 0 Å². The fourth-order valence-electron chi connectivity index (χ4n) is 0.676. The fourth-order valence-corrected chi connectivity index (χ4v) is 0.860. The summed E-state index contributed by atoms with van der Waals surface area (Å²) in [7, 11) is 0. The standard InChI is InChI=1S/C6H7ClN2O/c1-3-4(2)8-9-5(3)6(7)10/h1-2H3,(H,8,9). The molecular weight excluding hydrogens is 152 g/mol.